The van der Waals surface area contributed by atoms with E-state index in [2.05, 4.69) is 82.0 Å². The quantitative estimate of drug-likeness (QED) is 0.529. The average Bonchev–Trinajstić information content (AvgIpc) is 2.84. The van der Waals surface area contributed by atoms with Crippen LogP contribution in [0.2, 0.25) is 0 Å². The molecular formula is C18H19Br2N. The van der Waals surface area contributed by atoms with Crippen LogP contribution in [0.3, 0.4) is 0 Å². The van der Waals surface area contributed by atoms with Gasteiger partial charge in [0, 0.05) is 24.1 Å². The van der Waals surface area contributed by atoms with Crippen LogP contribution in [0.1, 0.15) is 30.0 Å². The van der Waals surface area contributed by atoms with E-state index in [1.54, 1.807) is 0 Å². The number of hydrogen-bond acceptors (Lipinski definition) is 1. The molecule has 1 nitrogen and oxygen atoms in total. The Morgan fingerprint density at radius 3 is 2.48 bits per heavy atom. The summed E-state index contributed by atoms with van der Waals surface area (Å²) >= 11 is 7.65. The molecule has 0 aromatic heterocycles. The van der Waals surface area contributed by atoms with Crippen LogP contribution < -0.4 is 4.90 Å². The van der Waals surface area contributed by atoms with Gasteiger partial charge in [-0.25, -0.2) is 0 Å². The zero-order valence-corrected chi connectivity index (χ0v) is 15.8. The molecule has 0 unspecified atom stereocenters. The molecule has 0 bridgehead atoms. The topological polar surface area (TPSA) is 3.24 Å². The molecule has 1 aliphatic rings. The van der Waals surface area contributed by atoms with Crippen molar-refractivity contribution in [3.05, 3.63) is 49.9 Å². The lowest BCUT2D eigenvalue weighted by molar-refractivity contribution is 0.897. The zero-order chi connectivity index (χ0) is 15.1. The van der Waals surface area contributed by atoms with E-state index < -0.39 is 0 Å². The predicted octanol–water partition coefficient (Wildman–Crippen LogP) is 5.80. The Labute approximate surface area is 143 Å². The summed E-state index contributed by atoms with van der Waals surface area (Å²) in [5.74, 6) is 0. The molecule has 0 amide bonds. The second-order valence-electron chi connectivity index (χ2n) is 5.79. The predicted molar refractivity (Wildman–Crippen MR) is 98.4 cm³/mol. The van der Waals surface area contributed by atoms with Crippen molar-refractivity contribution in [2.45, 2.75) is 26.2 Å². The molecule has 0 saturated heterocycles. The third-order valence-corrected chi connectivity index (χ3v) is 6.27. The van der Waals surface area contributed by atoms with Crippen LogP contribution in [-0.4, -0.2) is 14.1 Å². The van der Waals surface area contributed by atoms with Gasteiger partial charge in [0.25, 0.3) is 0 Å². The highest BCUT2D eigenvalue weighted by Gasteiger charge is 2.28. The minimum Gasteiger partial charge on any atom is -0.376 e. The Morgan fingerprint density at radius 2 is 1.81 bits per heavy atom. The summed E-state index contributed by atoms with van der Waals surface area (Å²) in [7, 11) is 4.25. The Bertz CT molecular complexity index is 705. The third-order valence-electron chi connectivity index (χ3n) is 4.17. The first kappa shape index (κ1) is 15.1. The van der Waals surface area contributed by atoms with Crippen molar-refractivity contribution in [2.75, 3.05) is 19.0 Å². The fraction of sp³-hybridized carbons (Fsp3) is 0.333. The van der Waals surface area contributed by atoms with Crippen molar-refractivity contribution in [1.82, 2.24) is 0 Å². The third kappa shape index (κ3) is 2.35. The highest BCUT2D eigenvalue weighted by atomic mass is 79.9. The standard InChI is InChI=1S/C18H19Br2N/c1-4-7-13-14-10-11-8-5-6-9-12(11)15(14)16(19)17(20)18(13)21(2)3/h5-6,8-9H,4,7,10H2,1-3H3. The molecule has 2 aromatic carbocycles. The van der Waals surface area contributed by atoms with Crippen molar-refractivity contribution in [1.29, 1.82) is 0 Å². The number of rotatable bonds is 3. The van der Waals surface area contributed by atoms with E-state index in [0.717, 1.165) is 19.3 Å². The molecule has 0 saturated carbocycles. The lowest BCUT2D eigenvalue weighted by atomic mass is 9.95. The van der Waals surface area contributed by atoms with Crippen molar-refractivity contribution in [2.24, 2.45) is 0 Å². The molecule has 0 heterocycles. The lowest BCUT2D eigenvalue weighted by Gasteiger charge is -2.24. The summed E-state index contributed by atoms with van der Waals surface area (Å²) in [4.78, 5) is 2.23. The van der Waals surface area contributed by atoms with Gasteiger partial charge >= 0.3 is 0 Å². The maximum absolute atomic E-state index is 3.83. The number of fused-ring (bicyclic) bond motifs is 3. The van der Waals surface area contributed by atoms with Crippen LogP contribution in [-0.2, 0) is 12.8 Å². The van der Waals surface area contributed by atoms with E-state index in [9.17, 15) is 0 Å². The first-order valence-corrected chi connectivity index (χ1v) is 8.93. The molecule has 21 heavy (non-hydrogen) atoms. The van der Waals surface area contributed by atoms with Crippen LogP contribution >= 0.6 is 31.9 Å². The van der Waals surface area contributed by atoms with Gasteiger partial charge in [0.1, 0.15) is 0 Å². The number of halogens is 2. The Hall–Kier alpha value is -0.800. The first-order chi connectivity index (χ1) is 10.1. The first-order valence-electron chi connectivity index (χ1n) is 7.34. The number of anilines is 1. The molecule has 2 aromatic rings. The zero-order valence-electron chi connectivity index (χ0n) is 12.6. The number of benzene rings is 2. The summed E-state index contributed by atoms with van der Waals surface area (Å²) in [5, 5.41) is 0. The molecule has 0 radical (unpaired) electrons. The molecule has 0 fully saturated rings. The monoisotopic (exact) mass is 407 g/mol. The van der Waals surface area contributed by atoms with Crippen LogP contribution in [0.4, 0.5) is 5.69 Å². The molecule has 3 heteroatoms. The SMILES string of the molecule is CCCc1c2c(c(Br)c(Br)c1N(C)C)-c1ccccc1C2. The van der Waals surface area contributed by atoms with E-state index in [-0.39, 0.29) is 0 Å². The Morgan fingerprint density at radius 1 is 1.10 bits per heavy atom. The number of hydrogen-bond donors (Lipinski definition) is 0. The molecule has 0 aliphatic heterocycles. The number of nitrogens with zero attached hydrogens (tertiary/aromatic N) is 1. The molecule has 0 atom stereocenters. The minimum absolute atomic E-state index is 1.05. The van der Waals surface area contributed by atoms with E-state index >= 15 is 0 Å². The lowest BCUT2D eigenvalue weighted by Crippen LogP contribution is -2.14. The Balaban J connectivity index is 2.34. The maximum Gasteiger partial charge on any atom is 0.0560 e. The summed E-state index contributed by atoms with van der Waals surface area (Å²) in [6.07, 6.45) is 3.33. The second kappa shape index (κ2) is 5.77. The summed E-state index contributed by atoms with van der Waals surface area (Å²) in [5.41, 5.74) is 8.50. The molecule has 0 N–H and O–H groups in total. The fourth-order valence-electron chi connectivity index (χ4n) is 3.34. The van der Waals surface area contributed by atoms with Gasteiger partial charge < -0.3 is 4.90 Å². The second-order valence-corrected chi connectivity index (χ2v) is 7.37. The van der Waals surface area contributed by atoms with Crippen molar-refractivity contribution < 1.29 is 0 Å². The summed E-state index contributed by atoms with van der Waals surface area (Å²) in [6, 6.07) is 8.76. The van der Waals surface area contributed by atoms with E-state index in [1.165, 1.54) is 42.5 Å². The van der Waals surface area contributed by atoms with Crippen LogP contribution in [0.5, 0.6) is 0 Å². The van der Waals surface area contributed by atoms with Crippen molar-refractivity contribution in [3.8, 4) is 11.1 Å². The van der Waals surface area contributed by atoms with Gasteiger partial charge in [-0.2, -0.15) is 0 Å². The summed E-state index contributed by atoms with van der Waals surface area (Å²) in [6.45, 7) is 2.25. The van der Waals surface area contributed by atoms with Gasteiger partial charge in [0.15, 0.2) is 0 Å². The van der Waals surface area contributed by atoms with Gasteiger partial charge in [-0.05, 0) is 67.0 Å². The highest BCUT2D eigenvalue weighted by Crippen LogP contribution is 2.50. The van der Waals surface area contributed by atoms with E-state index in [0.29, 0.717) is 0 Å². The fourth-order valence-corrected chi connectivity index (χ4v) is 4.78. The molecule has 0 spiro atoms. The van der Waals surface area contributed by atoms with Crippen LogP contribution in [0.15, 0.2) is 33.2 Å². The van der Waals surface area contributed by atoms with Gasteiger partial charge in [-0.15, -0.1) is 0 Å². The molecule has 3 rings (SSSR count). The van der Waals surface area contributed by atoms with Gasteiger partial charge in [0.05, 0.1) is 10.2 Å². The Kier molecular flexibility index (Phi) is 4.15. The molecule has 110 valence electrons. The summed E-state index contributed by atoms with van der Waals surface area (Å²) < 4.78 is 2.36. The van der Waals surface area contributed by atoms with Gasteiger partial charge in [0.2, 0.25) is 0 Å². The van der Waals surface area contributed by atoms with E-state index in [1.807, 2.05) is 0 Å². The van der Waals surface area contributed by atoms with Gasteiger partial charge in [-0.1, -0.05) is 37.6 Å². The normalized spacial score (nSPS) is 12.2. The molecular weight excluding hydrogens is 390 g/mol. The van der Waals surface area contributed by atoms with Crippen molar-refractivity contribution >= 4 is 37.5 Å². The average molecular weight is 409 g/mol. The van der Waals surface area contributed by atoms with Gasteiger partial charge in [-0.3, -0.25) is 0 Å². The van der Waals surface area contributed by atoms with E-state index in [4.69, 9.17) is 0 Å². The van der Waals surface area contributed by atoms with Crippen LogP contribution in [0.25, 0.3) is 11.1 Å². The largest absolute Gasteiger partial charge is 0.376 e. The maximum atomic E-state index is 3.83. The van der Waals surface area contributed by atoms with Crippen molar-refractivity contribution in [3.63, 3.8) is 0 Å². The molecule has 1 aliphatic carbocycles. The minimum atomic E-state index is 1.05. The van der Waals surface area contributed by atoms with Crippen LogP contribution in [0, 0.1) is 0 Å². The smallest absolute Gasteiger partial charge is 0.0560 e. The highest BCUT2D eigenvalue weighted by molar-refractivity contribution is 9.13.